The number of aliphatic carboxylic acids is 1. The predicted molar refractivity (Wildman–Crippen MR) is 104 cm³/mol. The summed E-state index contributed by atoms with van der Waals surface area (Å²) in [5.74, 6) is -1.66. The number of nitrogens with one attached hydrogen (secondary N) is 2. The molecule has 9 heteroatoms. The van der Waals surface area contributed by atoms with E-state index < -0.39 is 40.1 Å². The van der Waals surface area contributed by atoms with Crippen molar-refractivity contribution in [1.82, 2.24) is 15.5 Å². The van der Waals surface area contributed by atoms with Crippen LogP contribution >= 0.6 is 11.8 Å². The first-order valence-electron chi connectivity index (χ1n) is 9.01. The summed E-state index contributed by atoms with van der Waals surface area (Å²) in [6.45, 7) is 3.85. The van der Waals surface area contributed by atoms with Crippen LogP contribution in [0.25, 0.3) is 10.8 Å². The molecule has 2 saturated heterocycles. The van der Waals surface area contributed by atoms with Crippen molar-refractivity contribution in [2.24, 2.45) is 0 Å². The maximum absolute atomic E-state index is 12.4. The molecule has 0 radical (unpaired) electrons. The molecule has 0 aliphatic carbocycles. The van der Waals surface area contributed by atoms with Gasteiger partial charge in [0.1, 0.15) is 11.4 Å². The van der Waals surface area contributed by atoms with Crippen LogP contribution in [-0.4, -0.2) is 45.0 Å². The Balaban J connectivity index is 0.00000240. The number of hydrogen-bond acceptors (Lipinski definition) is 5. The van der Waals surface area contributed by atoms with Crippen molar-refractivity contribution >= 4 is 40.4 Å². The van der Waals surface area contributed by atoms with Crippen LogP contribution in [0.15, 0.2) is 42.5 Å². The van der Waals surface area contributed by atoms with Gasteiger partial charge >= 0.3 is 35.6 Å². The van der Waals surface area contributed by atoms with Gasteiger partial charge in [0.05, 0.1) is 12.0 Å². The van der Waals surface area contributed by atoms with E-state index in [2.05, 4.69) is 10.6 Å². The summed E-state index contributed by atoms with van der Waals surface area (Å²) in [6, 6.07) is 11.7. The molecule has 0 spiro atoms. The molecule has 0 saturated carbocycles. The zero-order valence-corrected chi connectivity index (χ0v) is 19.3. The van der Waals surface area contributed by atoms with Crippen LogP contribution in [0.5, 0.6) is 0 Å². The number of carboxylic acids is 1. The molecule has 2 aromatic carbocycles. The van der Waals surface area contributed by atoms with Crippen molar-refractivity contribution in [3.63, 3.8) is 0 Å². The molecule has 2 heterocycles. The van der Waals surface area contributed by atoms with E-state index in [1.54, 1.807) is 13.8 Å². The van der Waals surface area contributed by atoms with Gasteiger partial charge in [-0.25, -0.2) is 4.79 Å². The number of carbonyl (C=O) groups excluding carboxylic acids is 3. The third-order valence-electron chi connectivity index (χ3n) is 5.22. The van der Waals surface area contributed by atoms with Crippen LogP contribution in [0.4, 0.5) is 4.79 Å². The first kappa shape index (κ1) is 22.0. The minimum Gasteiger partial charge on any atom is -0.548 e. The molecule has 2 unspecified atom stereocenters. The van der Waals surface area contributed by atoms with Gasteiger partial charge < -0.3 is 25.4 Å². The number of rotatable bonds is 4. The van der Waals surface area contributed by atoms with Crippen LogP contribution in [-0.2, 0) is 16.1 Å². The summed E-state index contributed by atoms with van der Waals surface area (Å²) < 4.78 is -0.669. The third kappa shape index (κ3) is 3.99. The Morgan fingerprint density at radius 1 is 1.17 bits per heavy atom. The summed E-state index contributed by atoms with van der Waals surface area (Å²) in [4.78, 5) is 37.4. The fraction of sp³-hybridized carbons (Fsp3) is 0.350. The minimum absolute atomic E-state index is 0. The number of β-lactam (4-membered cyclic amide) rings is 1. The Hall–Kier alpha value is -1.74. The molecule has 2 fully saturated rings. The van der Waals surface area contributed by atoms with Crippen molar-refractivity contribution < 1.29 is 49.0 Å². The summed E-state index contributed by atoms with van der Waals surface area (Å²) >= 11 is 1.37. The second-order valence-corrected chi connectivity index (χ2v) is 9.34. The van der Waals surface area contributed by atoms with Gasteiger partial charge in [0.25, 0.3) is 0 Å². The second-order valence-electron chi connectivity index (χ2n) is 7.57. The second kappa shape index (κ2) is 8.18. The fourth-order valence-electron chi connectivity index (χ4n) is 3.85. The van der Waals surface area contributed by atoms with Gasteiger partial charge in [-0.2, -0.15) is 0 Å². The largest absolute Gasteiger partial charge is 1.00 e. The molecule has 2 aliphatic heterocycles. The van der Waals surface area contributed by atoms with Gasteiger partial charge in [-0.1, -0.05) is 36.4 Å². The molecular weight excluding hydrogens is 401 g/mol. The van der Waals surface area contributed by atoms with E-state index in [0.717, 1.165) is 16.3 Å². The average Bonchev–Trinajstić information content (AvgIpc) is 2.92. The minimum atomic E-state index is -1.27. The topological polar surface area (TPSA) is 102 Å². The molecule has 2 aromatic rings. The monoisotopic (exact) mass is 421 g/mol. The Morgan fingerprint density at radius 2 is 1.86 bits per heavy atom. The van der Waals surface area contributed by atoms with Crippen LogP contribution in [0.1, 0.15) is 19.4 Å². The number of urea groups is 1. The number of amides is 3. The Labute approximate surface area is 194 Å². The average molecular weight is 421 g/mol. The SMILES string of the molecule is CC1(C)SC2C(NC(=O)NCc3ccc4ccccc4c3)C(=O)N2[C@H]1C(=O)[O-].[Na+]. The van der Waals surface area contributed by atoms with Crippen LogP contribution in [0.3, 0.4) is 0 Å². The summed E-state index contributed by atoms with van der Waals surface area (Å²) in [5, 5.41) is 18.7. The molecule has 29 heavy (non-hydrogen) atoms. The molecule has 0 bridgehead atoms. The summed E-state index contributed by atoms with van der Waals surface area (Å²) in [7, 11) is 0. The number of nitrogens with zero attached hydrogens (tertiary/aromatic N) is 1. The summed E-state index contributed by atoms with van der Waals surface area (Å²) in [5.41, 5.74) is 0.948. The first-order valence-corrected chi connectivity index (χ1v) is 9.89. The first-order chi connectivity index (χ1) is 13.3. The number of hydrogen-bond donors (Lipinski definition) is 2. The van der Waals surface area contributed by atoms with Gasteiger partial charge in [0.15, 0.2) is 0 Å². The quantitative estimate of drug-likeness (QED) is 0.432. The Kier molecular flexibility index (Phi) is 6.19. The molecule has 4 rings (SSSR count). The van der Waals surface area contributed by atoms with Crippen molar-refractivity contribution in [1.29, 1.82) is 0 Å². The third-order valence-corrected chi connectivity index (χ3v) is 6.79. The number of benzene rings is 2. The van der Waals surface area contributed by atoms with Crippen LogP contribution < -0.4 is 45.3 Å². The van der Waals surface area contributed by atoms with Gasteiger partial charge in [-0.15, -0.1) is 11.8 Å². The smallest absolute Gasteiger partial charge is 0.548 e. The number of carbonyl (C=O) groups is 3. The summed E-state index contributed by atoms with van der Waals surface area (Å²) in [6.07, 6.45) is 0. The van der Waals surface area contributed by atoms with Gasteiger partial charge in [-0.05, 0) is 36.2 Å². The molecule has 0 aromatic heterocycles. The van der Waals surface area contributed by atoms with Crippen molar-refractivity contribution in [2.75, 3.05) is 0 Å². The van der Waals surface area contributed by atoms with E-state index in [1.165, 1.54) is 16.7 Å². The van der Waals surface area contributed by atoms with Gasteiger partial charge in [-0.3, -0.25) is 4.79 Å². The fourth-order valence-corrected chi connectivity index (χ4v) is 5.47. The Morgan fingerprint density at radius 3 is 2.55 bits per heavy atom. The van der Waals surface area contributed by atoms with E-state index in [0.29, 0.717) is 6.54 Å². The number of carboxylic acid groups (broad SMARTS) is 1. The molecule has 2 N–H and O–H groups in total. The van der Waals surface area contributed by atoms with E-state index in [4.69, 9.17) is 0 Å². The maximum Gasteiger partial charge on any atom is 1.00 e. The van der Waals surface area contributed by atoms with Crippen molar-refractivity contribution in [2.45, 2.75) is 42.6 Å². The van der Waals surface area contributed by atoms with E-state index in [-0.39, 0.29) is 29.6 Å². The standard InChI is InChI=1S/C20H21N3O4S.Na/c1-20(2)15(18(25)26)23-16(24)14(17(23)28-20)22-19(27)21-10-11-7-8-12-5-3-4-6-13(12)9-11;/h3-9,14-15,17H,10H2,1-2H3,(H,25,26)(H2,21,22,27);/q;+1/p-1/t14?,15-,17?;/m0./s1. The maximum atomic E-state index is 12.4. The molecule has 3 atom stereocenters. The normalized spacial score (nSPS) is 24.3. The number of thioether (sulfide) groups is 1. The van der Waals surface area contributed by atoms with Crippen LogP contribution in [0.2, 0.25) is 0 Å². The molecule has 7 nitrogen and oxygen atoms in total. The Bertz CT molecular complexity index is 983. The molecule has 3 amide bonds. The van der Waals surface area contributed by atoms with Crippen molar-refractivity contribution in [3.8, 4) is 0 Å². The van der Waals surface area contributed by atoms with E-state index >= 15 is 0 Å². The number of fused-ring (bicyclic) bond motifs is 2. The van der Waals surface area contributed by atoms with E-state index in [9.17, 15) is 19.5 Å². The molecule has 146 valence electrons. The van der Waals surface area contributed by atoms with Crippen LogP contribution in [0, 0.1) is 0 Å². The van der Waals surface area contributed by atoms with Crippen molar-refractivity contribution in [3.05, 3.63) is 48.0 Å². The predicted octanol–water partition coefficient (Wildman–Crippen LogP) is -2.18. The molecular formula is C20H20N3NaO4S. The van der Waals surface area contributed by atoms with E-state index in [1.807, 2.05) is 42.5 Å². The van der Waals surface area contributed by atoms with Gasteiger partial charge in [0, 0.05) is 11.3 Å². The molecule has 2 aliphatic rings. The van der Waals surface area contributed by atoms with Gasteiger partial charge in [0.2, 0.25) is 5.91 Å². The zero-order valence-electron chi connectivity index (χ0n) is 16.5. The zero-order chi connectivity index (χ0) is 20.1.